The predicted octanol–water partition coefficient (Wildman–Crippen LogP) is 5.16. The molecule has 6 rings (SSSR count). The molecule has 2 aromatic carbocycles. The van der Waals surface area contributed by atoms with E-state index in [1.54, 1.807) is 24.5 Å². The lowest BCUT2D eigenvalue weighted by Gasteiger charge is -2.32. The lowest BCUT2D eigenvalue weighted by atomic mass is 10.0. The van der Waals surface area contributed by atoms with Crippen LogP contribution < -0.4 is 20.1 Å². The van der Waals surface area contributed by atoms with Crippen molar-refractivity contribution in [2.45, 2.75) is 25.8 Å². The number of rotatable bonds is 10. The standard InChI is InChI=1S/C32H31F2N5O5/c1-20-19-42-14-12-39(20)13-15-43-29-17-26-24(18-36-29)27(8-11-35-26)44-28-7-6-23(16-25(28)34)38-31(41)32(9-10-32)30(40)37-22-4-2-21(33)3-5-22/h2-8,11,16-18,20H,9-10,12-15,19H2,1H3,(H,37,40)(H,38,41)/t20-/m0/s1. The van der Waals surface area contributed by atoms with Gasteiger partial charge in [0, 0.05) is 55.0 Å². The molecule has 12 heteroatoms. The van der Waals surface area contributed by atoms with Gasteiger partial charge in [-0.1, -0.05) is 0 Å². The topological polar surface area (TPSA) is 115 Å². The summed E-state index contributed by atoms with van der Waals surface area (Å²) in [4.78, 5) is 36.9. The lowest BCUT2D eigenvalue weighted by molar-refractivity contribution is -0.131. The zero-order valence-corrected chi connectivity index (χ0v) is 24.0. The van der Waals surface area contributed by atoms with Gasteiger partial charge in [0.25, 0.3) is 0 Å². The van der Waals surface area contributed by atoms with Gasteiger partial charge in [0.05, 0.1) is 24.1 Å². The molecule has 10 nitrogen and oxygen atoms in total. The van der Waals surface area contributed by atoms with Gasteiger partial charge in [0.2, 0.25) is 17.7 Å². The molecule has 2 aliphatic rings. The van der Waals surface area contributed by atoms with Gasteiger partial charge in [-0.05, 0) is 62.2 Å². The van der Waals surface area contributed by atoms with Gasteiger partial charge in [-0.3, -0.25) is 19.5 Å². The van der Waals surface area contributed by atoms with Crippen LogP contribution in [-0.4, -0.2) is 65.6 Å². The number of carbonyl (C=O) groups excluding carboxylic acids is 2. The third-order valence-electron chi connectivity index (χ3n) is 7.83. The van der Waals surface area contributed by atoms with E-state index in [9.17, 15) is 14.0 Å². The van der Waals surface area contributed by atoms with Crippen LogP contribution in [0.15, 0.2) is 67.0 Å². The number of aromatic nitrogens is 2. The van der Waals surface area contributed by atoms with Crippen molar-refractivity contribution in [3.8, 4) is 17.4 Å². The number of fused-ring (bicyclic) bond motifs is 1. The first kappa shape index (κ1) is 29.4. The summed E-state index contributed by atoms with van der Waals surface area (Å²) in [5.74, 6) is -1.48. The quantitative estimate of drug-likeness (QED) is 0.239. The van der Waals surface area contributed by atoms with E-state index in [1.807, 2.05) is 0 Å². The molecule has 1 saturated heterocycles. The van der Waals surface area contributed by atoms with Crippen LogP contribution in [0.3, 0.4) is 0 Å². The van der Waals surface area contributed by atoms with E-state index in [-0.39, 0.29) is 11.4 Å². The summed E-state index contributed by atoms with van der Waals surface area (Å²) in [6.07, 6.45) is 3.81. The van der Waals surface area contributed by atoms with Gasteiger partial charge >= 0.3 is 0 Å². The van der Waals surface area contributed by atoms with Crippen LogP contribution in [0.25, 0.3) is 10.9 Å². The summed E-state index contributed by atoms with van der Waals surface area (Å²) in [6, 6.07) is 12.9. The second-order valence-electron chi connectivity index (χ2n) is 10.9. The van der Waals surface area contributed by atoms with Gasteiger partial charge in [0.15, 0.2) is 11.6 Å². The molecule has 4 aromatic rings. The van der Waals surface area contributed by atoms with E-state index < -0.39 is 28.9 Å². The van der Waals surface area contributed by atoms with E-state index in [0.717, 1.165) is 19.2 Å². The van der Waals surface area contributed by atoms with Crippen molar-refractivity contribution < 1.29 is 32.6 Å². The van der Waals surface area contributed by atoms with E-state index in [2.05, 4.69) is 32.4 Å². The number of carbonyl (C=O) groups is 2. The molecule has 1 aliphatic carbocycles. The van der Waals surface area contributed by atoms with E-state index in [1.165, 1.54) is 36.4 Å². The molecule has 0 spiro atoms. The van der Waals surface area contributed by atoms with Crippen molar-refractivity contribution in [2.75, 3.05) is 43.5 Å². The molecule has 1 atom stereocenters. The van der Waals surface area contributed by atoms with Crippen molar-refractivity contribution in [2.24, 2.45) is 5.41 Å². The monoisotopic (exact) mass is 603 g/mol. The zero-order chi connectivity index (χ0) is 30.7. The Labute approximate surface area is 252 Å². The average Bonchev–Trinajstić information content (AvgIpc) is 3.83. The maximum Gasteiger partial charge on any atom is 0.240 e. The van der Waals surface area contributed by atoms with Gasteiger partial charge in [-0.2, -0.15) is 0 Å². The fourth-order valence-corrected chi connectivity index (χ4v) is 5.02. The molecule has 0 unspecified atom stereocenters. The van der Waals surface area contributed by atoms with E-state index in [4.69, 9.17) is 14.2 Å². The van der Waals surface area contributed by atoms with E-state index >= 15 is 4.39 Å². The highest BCUT2D eigenvalue weighted by atomic mass is 19.1. The van der Waals surface area contributed by atoms with Crippen LogP contribution in [-0.2, 0) is 14.3 Å². The molecule has 0 bridgehead atoms. The molecule has 0 radical (unpaired) electrons. The van der Waals surface area contributed by atoms with Gasteiger partial charge in [0.1, 0.15) is 23.6 Å². The molecule has 2 amide bonds. The predicted molar refractivity (Wildman–Crippen MR) is 159 cm³/mol. The maximum atomic E-state index is 15.1. The van der Waals surface area contributed by atoms with Crippen LogP contribution in [0.1, 0.15) is 19.8 Å². The Morgan fingerprint density at radius 2 is 1.75 bits per heavy atom. The van der Waals surface area contributed by atoms with Crippen LogP contribution >= 0.6 is 0 Å². The first-order valence-electron chi connectivity index (χ1n) is 14.4. The Kier molecular flexibility index (Phi) is 8.36. The number of benzene rings is 2. The number of anilines is 2. The van der Waals surface area contributed by atoms with Crippen LogP contribution in [0, 0.1) is 17.0 Å². The molecule has 228 valence electrons. The third-order valence-corrected chi connectivity index (χ3v) is 7.83. The van der Waals surface area contributed by atoms with Crippen molar-refractivity contribution >= 4 is 34.1 Å². The van der Waals surface area contributed by atoms with Crippen LogP contribution in [0.2, 0.25) is 0 Å². The Bertz CT molecular complexity index is 1680. The summed E-state index contributed by atoms with van der Waals surface area (Å²) in [7, 11) is 0. The molecule has 3 heterocycles. The summed E-state index contributed by atoms with van der Waals surface area (Å²) < 4.78 is 45.5. The number of halogens is 2. The Morgan fingerprint density at radius 1 is 1.00 bits per heavy atom. The second-order valence-corrected chi connectivity index (χ2v) is 10.9. The summed E-state index contributed by atoms with van der Waals surface area (Å²) in [5, 5.41) is 5.85. The molecule has 1 aliphatic heterocycles. The van der Waals surface area contributed by atoms with Crippen LogP contribution in [0.5, 0.6) is 17.4 Å². The number of hydrogen-bond acceptors (Lipinski definition) is 8. The molecule has 44 heavy (non-hydrogen) atoms. The van der Waals surface area contributed by atoms with E-state index in [0.29, 0.717) is 66.9 Å². The maximum absolute atomic E-state index is 15.1. The Balaban J connectivity index is 1.08. The smallest absolute Gasteiger partial charge is 0.240 e. The lowest BCUT2D eigenvalue weighted by Crippen LogP contribution is -2.45. The van der Waals surface area contributed by atoms with Crippen molar-refractivity contribution in [3.05, 3.63) is 78.6 Å². The average molecular weight is 604 g/mol. The molecule has 1 saturated carbocycles. The fraction of sp³-hybridized carbons (Fsp3) is 0.312. The number of nitrogens with one attached hydrogen (secondary N) is 2. The van der Waals surface area contributed by atoms with Crippen molar-refractivity contribution in [1.29, 1.82) is 0 Å². The fourth-order valence-electron chi connectivity index (χ4n) is 5.02. The highest BCUT2D eigenvalue weighted by Crippen LogP contribution is 2.47. The third kappa shape index (κ3) is 6.46. The van der Waals surface area contributed by atoms with Gasteiger partial charge < -0.3 is 24.8 Å². The highest BCUT2D eigenvalue weighted by Gasteiger charge is 2.56. The Hall–Kier alpha value is -4.68. The second kappa shape index (κ2) is 12.5. The van der Waals surface area contributed by atoms with Crippen LogP contribution in [0.4, 0.5) is 20.2 Å². The molecular formula is C32H31F2N5O5. The largest absolute Gasteiger partial charge is 0.476 e. The number of morpholine rings is 1. The molecule has 2 fully saturated rings. The Morgan fingerprint density at radius 3 is 2.48 bits per heavy atom. The number of nitrogens with zero attached hydrogens (tertiary/aromatic N) is 3. The van der Waals surface area contributed by atoms with Gasteiger partial charge in [-0.25, -0.2) is 13.8 Å². The summed E-state index contributed by atoms with van der Waals surface area (Å²) in [5.41, 5.74) is -0.142. The normalized spacial score (nSPS) is 17.6. The summed E-state index contributed by atoms with van der Waals surface area (Å²) in [6.45, 7) is 5.61. The number of ether oxygens (including phenoxy) is 3. The van der Waals surface area contributed by atoms with Crippen molar-refractivity contribution in [1.82, 2.24) is 14.9 Å². The summed E-state index contributed by atoms with van der Waals surface area (Å²) >= 11 is 0. The number of hydrogen-bond donors (Lipinski definition) is 2. The molecular weight excluding hydrogens is 572 g/mol. The number of amides is 2. The first-order chi connectivity index (χ1) is 21.3. The highest BCUT2D eigenvalue weighted by molar-refractivity contribution is 6.16. The first-order valence-corrected chi connectivity index (χ1v) is 14.4. The minimum Gasteiger partial charge on any atom is -0.476 e. The molecule has 2 aromatic heterocycles. The molecule has 2 N–H and O–H groups in total. The minimum absolute atomic E-state index is 0.0642. The minimum atomic E-state index is -1.27. The number of pyridine rings is 2. The van der Waals surface area contributed by atoms with Gasteiger partial charge in [-0.15, -0.1) is 0 Å². The van der Waals surface area contributed by atoms with Crippen molar-refractivity contribution in [3.63, 3.8) is 0 Å². The SMILES string of the molecule is C[C@H]1COCCN1CCOc1cc2nccc(Oc3ccc(NC(=O)C4(C(=O)Nc5ccc(F)cc5)CC4)cc3F)c2cn1. The zero-order valence-electron chi connectivity index (χ0n) is 24.0.